The summed E-state index contributed by atoms with van der Waals surface area (Å²) in [7, 11) is 1.70. The summed E-state index contributed by atoms with van der Waals surface area (Å²) in [6.07, 6.45) is 1.81. The van der Waals surface area contributed by atoms with Crippen LogP contribution in [0, 0.1) is 11.8 Å². The first-order chi connectivity index (χ1) is 9.29. The molecule has 0 radical (unpaired) electrons. The first-order valence-electron chi connectivity index (χ1n) is 6.72. The van der Waals surface area contributed by atoms with Crippen molar-refractivity contribution < 1.29 is 14.3 Å². The molecular weight excluding hydrogens is 262 g/mol. The van der Waals surface area contributed by atoms with Gasteiger partial charge in [-0.15, -0.1) is 11.3 Å². The van der Waals surface area contributed by atoms with E-state index in [1.165, 1.54) is 0 Å². The van der Waals surface area contributed by atoms with Crippen LogP contribution in [0.15, 0.2) is 17.5 Å². The minimum Gasteiger partial charge on any atom is -0.384 e. The maximum Gasteiger partial charge on any atom is 0.225 e. The van der Waals surface area contributed by atoms with Crippen molar-refractivity contribution in [2.75, 3.05) is 20.3 Å². The molecule has 3 rings (SSSR count). The Hall–Kier alpha value is -0.910. The third kappa shape index (κ3) is 2.55. The van der Waals surface area contributed by atoms with E-state index in [9.17, 15) is 4.79 Å². The van der Waals surface area contributed by atoms with E-state index in [-0.39, 0.29) is 18.1 Å². The average molecular weight is 281 g/mol. The van der Waals surface area contributed by atoms with E-state index in [0.717, 1.165) is 17.9 Å². The summed E-state index contributed by atoms with van der Waals surface area (Å²) >= 11 is 1.62. The van der Waals surface area contributed by atoms with Gasteiger partial charge in [0.05, 0.1) is 19.1 Å². The van der Waals surface area contributed by atoms with Crippen molar-refractivity contribution in [3.8, 4) is 0 Å². The Bertz CT molecular complexity index is 434. The van der Waals surface area contributed by atoms with Gasteiger partial charge in [-0.05, 0) is 17.9 Å². The lowest BCUT2D eigenvalue weighted by Crippen LogP contribution is -2.62. The van der Waals surface area contributed by atoms with Gasteiger partial charge in [0.2, 0.25) is 5.91 Å². The standard InChI is InChI=1S/C14H19NO3S/c1-17-8-11-13(10-4-5-18-14(10)11)15-12(16)7-9-3-2-6-19-9/h2-3,6,10-11,13-14H,4-5,7-8H2,1H3,(H,15,16)/t10-,11+,13-,14-/m1/s1. The summed E-state index contributed by atoms with van der Waals surface area (Å²) in [5.41, 5.74) is 0. The number of hydrogen-bond acceptors (Lipinski definition) is 4. The van der Waals surface area contributed by atoms with Crippen molar-refractivity contribution in [3.05, 3.63) is 22.4 Å². The largest absolute Gasteiger partial charge is 0.384 e. The normalized spacial score (nSPS) is 32.7. The number of hydrogen-bond donors (Lipinski definition) is 1. The predicted molar refractivity (Wildman–Crippen MR) is 73.2 cm³/mol. The number of amides is 1. The molecule has 1 N–H and O–H groups in total. The molecule has 0 spiro atoms. The molecule has 2 heterocycles. The molecule has 0 aromatic carbocycles. The first-order valence-corrected chi connectivity index (χ1v) is 7.60. The zero-order valence-electron chi connectivity index (χ0n) is 11.0. The van der Waals surface area contributed by atoms with Crippen LogP contribution >= 0.6 is 11.3 Å². The molecule has 1 aliphatic carbocycles. The summed E-state index contributed by atoms with van der Waals surface area (Å²) in [4.78, 5) is 13.2. The quantitative estimate of drug-likeness (QED) is 0.889. The van der Waals surface area contributed by atoms with Gasteiger partial charge in [-0.1, -0.05) is 6.07 Å². The van der Waals surface area contributed by atoms with Gasteiger partial charge >= 0.3 is 0 Å². The van der Waals surface area contributed by atoms with Crippen LogP contribution in [0.2, 0.25) is 0 Å². The predicted octanol–water partition coefficient (Wildman–Crippen LogP) is 1.46. The SMILES string of the molecule is COC[C@H]1[C@H](NC(=O)Cc2cccs2)[C@H]2CCO[C@H]21. The lowest BCUT2D eigenvalue weighted by atomic mass is 9.67. The first kappa shape index (κ1) is 13.1. The second-order valence-electron chi connectivity index (χ2n) is 5.26. The van der Waals surface area contributed by atoms with Crippen molar-refractivity contribution in [1.29, 1.82) is 0 Å². The topological polar surface area (TPSA) is 47.6 Å². The van der Waals surface area contributed by atoms with Crippen LogP contribution in [-0.2, 0) is 20.7 Å². The molecule has 1 amide bonds. The molecule has 4 atom stereocenters. The summed E-state index contributed by atoms with van der Waals surface area (Å²) in [5.74, 6) is 0.899. The van der Waals surface area contributed by atoms with Gasteiger partial charge < -0.3 is 14.8 Å². The fourth-order valence-electron chi connectivity index (χ4n) is 3.24. The summed E-state index contributed by atoms with van der Waals surface area (Å²) < 4.78 is 10.9. The number of methoxy groups -OCH3 is 1. The van der Waals surface area contributed by atoms with Crippen LogP contribution in [0.25, 0.3) is 0 Å². The van der Waals surface area contributed by atoms with Gasteiger partial charge in [0.1, 0.15) is 0 Å². The molecule has 2 aliphatic rings. The van der Waals surface area contributed by atoms with E-state index in [2.05, 4.69) is 5.32 Å². The van der Waals surface area contributed by atoms with Gasteiger partial charge in [-0.2, -0.15) is 0 Å². The Balaban J connectivity index is 1.57. The summed E-state index contributed by atoms with van der Waals surface area (Å²) in [5, 5.41) is 5.17. The molecule has 0 bridgehead atoms. The second kappa shape index (κ2) is 5.61. The number of carbonyl (C=O) groups is 1. The van der Waals surface area contributed by atoms with Crippen LogP contribution in [0.1, 0.15) is 11.3 Å². The fraction of sp³-hybridized carbons (Fsp3) is 0.643. The molecule has 0 unspecified atom stereocenters. The van der Waals surface area contributed by atoms with E-state index in [4.69, 9.17) is 9.47 Å². The van der Waals surface area contributed by atoms with Crippen molar-refractivity contribution in [3.63, 3.8) is 0 Å². The van der Waals surface area contributed by atoms with Crippen molar-refractivity contribution >= 4 is 17.2 Å². The van der Waals surface area contributed by atoms with E-state index in [1.54, 1.807) is 18.4 Å². The van der Waals surface area contributed by atoms with Gasteiger partial charge in [0.25, 0.3) is 0 Å². The van der Waals surface area contributed by atoms with Gasteiger partial charge in [-0.3, -0.25) is 4.79 Å². The summed E-state index contributed by atoms with van der Waals surface area (Å²) in [6.45, 7) is 1.47. The van der Waals surface area contributed by atoms with Crippen LogP contribution < -0.4 is 5.32 Å². The van der Waals surface area contributed by atoms with Crippen LogP contribution in [-0.4, -0.2) is 38.4 Å². The average Bonchev–Trinajstić information content (AvgIpc) is 3.02. The molecule has 104 valence electrons. The Kier molecular flexibility index (Phi) is 3.86. The van der Waals surface area contributed by atoms with Crippen molar-refractivity contribution in [2.45, 2.75) is 25.0 Å². The van der Waals surface area contributed by atoms with E-state index in [1.807, 2.05) is 17.5 Å². The number of thiophene rings is 1. The number of nitrogens with one attached hydrogen (secondary N) is 1. The Morgan fingerprint density at radius 2 is 2.53 bits per heavy atom. The third-order valence-electron chi connectivity index (χ3n) is 4.13. The van der Waals surface area contributed by atoms with Gasteiger partial charge in [-0.25, -0.2) is 0 Å². The third-order valence-corrected chi connectivity index (χ3v) is 5.01. The molecule has 1 aliphatic heterocycles. The number of carbonyl (C=O) groups excluding carboxylic acids is 1. The molecule has 2 fully saturated rings. The minimum atomic E-state index is 0.110. The maximum absolute atomic E-state index is 12.1. The van der Waals surface area contributed by atoms with Crippen LogP contribution in [0.5, 0.6) is 0 Å². The van der Waals surface area contributed by atoms with Gasteiger partial charge in [0, 0.05) is 36.5 Å². The zero-order valence-corrected chi connectivity index (χ0v) is 11.8. The highest BCUT2D eigenvalue weighted by atomic mass is 32.1. The summed E-state index contributed by atoms with van der Waals surface area (Å²) in [6, 6.07) is 4.20. The van der Waals surface area contributed by atoms with Crippen LogP contribution in [0.4, 0.5) is 0 Å². The number of rotatable bonds is 5. The zero-order chi connectivity index (χ0) is 13.2. The minimum absolute atomic E-state index is 0.110. The molecule has 1 saturated heterocycles. The Morgan fingerprint density at radius 3 is 3.26 bits per heavy atom. The lowest BCUT2D eigenvalue weighted by molar-refractivity contribution is -0.129. The van der Waals surface area contributed by atoms with Crippen LogP contribution in [0.3, 0.4) is 0 Å². The second-order valence-corrected chi connectivity index (χ2v) is 6.29. The van der Waals surface area contributed by atoms with Crippen molar-refractivity contribution in [2.24, 2.45) is 11.8 Å². The fourth-order valence-corrected chi connectivity index (χ4v) is 3.95. The van der Waals surface area contributed by atoms with E-state index in [0.29, 0.717) is 24.9 Å². The number of ether oxygens (including phenoxy) is 2. The highest BCUT2D eigenvalue weighted by molar-refractivity contribution is 7.10. The van der Waals surface area contributed by atoms with E-state index < -0.39 is 0 Å². The molecule has 1 aromatic rings. The molecule has 1 aromatic heterocycles. The molecule has 4 nitrogen and oxygen atoms in total. The maximum atomic E-state index is 12.1. The van der Waals surface area contributed by atoms with Gasteiger partial charge in [0.15, 0.2) is 0 Å². The monoisotopic (exact) mass is 281 g/mol. The molecule has 1 saturated carbocycles. The van der Waals surface area contributed by atoms with E-state index >= 15 is 0 Å². The smallest absolute Gasteiger partial charge is 0.225 e. The Labute approximate surface area is 117 Å². The molecular formula is C14H19NO3S. The molecule has 5 heteroatoms. The Morgan fingerprint density at radius 1 is 1.63 bits per heavy atom. The molecule has 19 heavy (non-hydrogen) atoms. The number of fused-ring (bicyclic) bond motifs is 1. The van der Waals surface area contributed by atoms with Crippen molar-refractivity contribution in [1.82, 2.24) is 5.32 Å². The lowest BCUT2D eigenvalue weighted by Gasteiger charge is -2.47. The highest BCUT2D eigenvalue weighted by Gasteiger charge is 2.54. The highest BCUT2D eigenvalue weighted by Crippen LogP contribution is 2.43.